The van der Waals surface area contributed by atoms with Gasteiger partial charge in [0, 0.05) is 17.6 Å². The summed E-state index contributed by atoms with van der Waals surface area (Å²) in [5.41, 5.74) is 2.43. The summed E-state index contributed by atoms with van der Waals surface area (Å²) in [5.74, 6) is 1.85. The number of pyridine rings is 1. The number of ether oxygens (including phenoxy) is 3. The molecule has 4 rings (SSSR count). The Bertz CT molecular complexity index is 1000. The molecular formula is C21H20N2O4. The molecule has 138 valence electrons. The molecule has 3 aromatic rings. The highest BCUT2D eigenvalue weighted by Crippen LogP contribution is 2.33. The van der Waals surface area contributed by atoms with Crippen LogP contribution in [0, 0.1) is 5.92 Å². The number of nitrogens with zero attached hydrogens (tertiary/aromatic N) is 1. The highest BCUT2D eigenvalue weighted by Gasteiger charge is 2.27. The monoisotopic (exact) mass is 364 g/mol. The van der Waals surface area contributed by atoms with E-state index in [0.29, 0.717) is 24.5 Å². The van der Waals surface area contributed by atoms with Gasteiger partial charge in [-0.25, -0.2) is 0 Å². The van der Waals surface area contributed by atoms with Crippen molar-refractivity contribution in [3.63, 3.8) is 0 Å². The van der Waals surface area contributed by atoms with Gasteiger partial charge in [0.25, 0.3) is 0 Å². The minimum Gasteiger partial charge on any atom is -0.497 e. The zero-order chi connectivity index (χ0) is 18.8. The van der Waals surface area contributed by atoms with Crippen molar-refractivity contribution >= 4 is 22.5 Å². The molecule has 2 aromatic carbocycles. The molecule has 1 aliphatic heterocycles. The van der Waals surface area contributed by atoms with Crippen LogP contribution in [0.1, 0.15) is 5.56 Å². The number of anilines is 1. The summed E-state index contributed by atoms with van der Waals surface area (Å²) in [4.78, 5) is 17.2. The summed E-state index contributed by atoms with van der Waals surface area (Å²) in [6.45, 7) is 0.332. The van der Waals surface area contributed by atoms with Gasteiger partial charge in [-0.2, -0.15) is 0 Å². The third kappa shape index (κ3) is 3.26. The van der Waals surface area contributed by atoms with Gasteiger partial charge >= 0.3 is 0 Å². The van der Waals surface area contributed by atoms with Crippen LogP contribution in [-0.4, -0.2) is 31.7 Å². The standard InChI is InChI=1S/C21H20N2O4/c1-25-15-6-5-13-10-14(12-27-19(13)11-15)21(24)23-17-7-8-18(26-2)20-16(17)4-3-9-22-20/h3-9,11,14H,10,12H2,1-2H3,(H,23,24). The predicted octanol–water partition coefficient (Wildman–Crippen LogP) is 3.44. The molecule has 6 heteroatoms. The van der Waals surface area contributed by atoms with Gasteiger partial charge in [-0.1, -0.05) is 6.07 Å². The number of rotatable bonds is 4. The first kappa shape index (κ1) is 17.1. The lowest BCUT2D eigenvalue weighted by Gasteiger charge is -2.25. The summed E-state index contributed by atoms with van der Waals surface area (Å²) in [6.07, 6.45) is 2.33. The van der Waals surface area contributed by atoms with Gasteiger partial charge < -0.3 is 19.5 Å². The van der Waals surface area contributed by atoms with Crippen molar-refractivity contribution in [1.29, 1.82) is 0 Å². The van der Waals surface area contributed by atoms with Crippen molar-refractivity contribution in [2.24, 2.45) is 5.92 Å². The molecular weight excluding hydrogens is 344 g/mol. The van der Waals surface area contributed by atoms with E-state index in [1.54, 1.807) is 20.4 Å². The van der Waals surface area contributed by atoms with Gasteiger partial charge in [0.2, 0.25) is 5.91 Å². The van der Waals surface area contributed by atoms with E-state index in [4.69, 9.17) is 14.2 Å². The quantitative estimate of drug-likeness (QED) is 0.768. The van der Waals surface area contributed by atoms with E-state index in [-0.39, 0.29) is 11.8 Å². The topological polar surface area (TPSA) is 69.7 Å². The smallest absolute Gasteiger partial charge is 0.231 e. The molecule has 0 fully saturated rings. The minimum atomic E-state index is -0.264. The fraction of sp³-hybridized carbons (Fsp3) is 0.238. The molecule has 0 saturated heterocycles. The van der Waals surface area contributed by atoms with Gasteiger partial charge in [-0.15, -0.1) is 0 Å². The van der Waals surface area contributed by atoms with Crippen LogP contribution in [0.3, 0.4) is 0 Å². The zero-order valence-electron chi connectivity index (χ0n) is 15.2. The highest BCUT2D eigenvalue weighted by molar-refractivity contribution is 6.03. The summed E-state index contributed by atoms with van der Waals surface area (Å²) in [6, 6.07) is 13.1. The van der Waals surface area contributed by atoms with E-state index in [1.165, 1.54) is 0 Å². The first-order valence-electron chi connectivity index (χ1n) is 8.72. The zero-order valence-corrected chi connectivity index (χ0v) is 15.2. The van der Waals surface area contributed by atoms with Crippen molar-refractivity contribution < 1.29 is 19.0 Å². The molecule has 1 atom stereocenters. The summed E-state index contributed by atoms with van der Waals surface area (Å²) in [5, 5.41) is 3.86. The van der Waals surface area contributed by atoms with E-state index in [0.717, 1.165) is 28.0 Å². The Balaban J connectivity index is 1.56. The fourth-order valence-corrected chi connectivity index (χ4v) is 3.30. The first-order chi connectivity index (χ1) is 13.2. The number of carbonyl (C=O) groups excluding carboxylic acids is 1. The summed E-state index contributed by atoms with van der Waals surface area (Å²) >= 11 is 0. The number of nitrogens with one attached hydrogen (secondary N) is 1. The Morgan fingerprint density at radius 2 is 2.07 bits per heavy atom. The lowest BCUT2D eigenvalue weighted by atomic mass is 9.95. The number of hydrogen-bond acceptors (Lipinski definition) is 5. The second kappa shape index (κ2) is 7.15. The number of carbonyl (C=O) groups is 1. The Morgan fingerprint density at radius 3 is 2.89 bits per heavy atom. The van der Waals surface area contributed by atoms with Crippen molar-refractivity contribution in [3.05, 3.63) is 54.2 Å². The van der Waals surface area contributed by atoms with Crippen LogP contribution >= 0.6 is 0 Å². The molecule has 0 radical (unpaired) electrons. The fourth-order valence-electron chi connectivity index (χ4n) is 3.30. The Kier molecular flexibility index (Phi) is 4.54. The molecule has 0 saturated carbocycles. The van der Waals surface area contributed by atoms with E-state index in [2.05, 4.69) is 10.3 Å². The second-order valence-corrected chi connectivity index (χ2v) is 6.39. The Hall–Kier alpha value is -3.28. The van der Waals surface area contributed by atoms with Crippen LogP contribution in [0.15, 0.2) is 48.7 Å². The minimum absolute atomic E-state index is 0.0770. The van der Waals surface area contributed by atoms with Crippen molar-refractivity contribution in [2.45, 2.75) is 6.42 Å². The number of methoxy groups -OCH3 is 2. The van der Waals surface area contributed by atoms with Crippen LogP contribution < -0.4 is 19.5 Å². The normalized spacial score (nSPS) is 15.6. The van der Waals surface area contributed by atoms with Crippen molar-refractivity contribution in [3.8, 4) is 17.2 Å². The molecule has 1 amide bonds. The van der Waals surface area contributed by atoms with Crippen molar-refractivity contribution in [1.82, 2.24) is 4.98 Å². The average molecular weight is 364 g/mol. The largest absolute Gasteiger partial charge is 0.497 e. The van der Waals surface area contributed by atoms with Crippen LogP contribution in [0.25, 0.3) is 10.9 Å². The molecule has 1 unspecified atom stereocenters. The number of hydrogen-bond donors (Lipinski definition) is 1. The lowest BCUT2D eigenvalue weighted by molar-refractivity contribution is -0.121. The maximum atomic E-state index is 12.8. The first-order valence-corrected chi connectivity index (χ1v) is 8.72. The SMILES string of the molecule is COc1ccc2c(c1)OCC(C(=O)Nc1ccc(OC)c3ncccc13)C2. The van der Waals surface area contributed by atoms with E-state index >= 15 is 0 Å². The highest BCUT2D eigenvalue weighted by atomic mass is 16.5. The number of amides is 1. The number of aromatic nitrogens is 1. The van der Waals surface area contributed by atoms with Crippen molar-refractivity contribution in [2.75, 3.05) is 26.1 Å². The third-order valence-electron chi connectivity index (χ3n) is 4.76. The maximum Gasteiger partial charge on any atom is 0.231 e. The third-order valence-corrected chi connectivity index (χ3v) is 4.76. The molecule has 2 heterocycles. The van der Waals surface area contributed by atoms with Gasteiger partial charge in [0.15, 0.2) is 0 Å². The summed E-state index contributed by atoms with van der Waals surface area (Å²) in [7, 11) is 3.22. The molecule has 1 aliphatic rings. The van der Waals surface area contributed by atoms with Gasteiger partial charge in [-0.05, 0) is 42.3 Å². The van der Waals surface area contributed by atoms with Crippen LogP contribution in [0.4, 0.5) is 5.69 Å². The maximum absolute atomic E-state index is 12.8. The molecule has 0 bridgehead atoms. The van der Waals surface area contributed by atoms with Gasteiger partial charge in [-0.3, -0.25) is 9.78 Å². The predicted molar refractivity (Wildman–Crippen MR) is 103 cm³/mol. The molecule has 0 aliphatic carbocycles. The molecule has 1 aromatic heterocycles. The van der Waals surface area contributed by atoms with E-state index in [9.17, 15) is 4.79 Å². The lowest BCUT2D eigenvalue weighted by Crippen LogP contribution is -2.32. The van der Waals surface area contributed by atoms with Gasteiger partial charge in [0.05, 0.1) is 25.8 Å². The number of fused-ring (bicyclic) bond motifs is 2. The number of benzene rings is 2. The second-order valence-electron chi connectivity index (χ2n) is 6.39. The van der Waals surface area contributed by atoms with Crippen LogP contribution in [0.5, 0.6) is 17.2 Å². The van der Waals surface area contributed by atoms with Crippen LogP contribution in [0.2, 0.25) is 0 Å². The van der Waals surface area contributed by atoms with Gasteiger partial charge in [0.1, 0.15) is 29.4 Å². The average Bonchev–Trinajstić information content (AvgIpc) is 2.73. The Labute approximate surface area is 157 Å². The molecule has 1 N–H and O–H groups in total. The summed E-state index contributed by atoms with van der Waals surface area (Å²) < 4.78 is 16.4. The molecule has 0 spiro atoms. The molecule has 6 nitrogen and oxygen atoms in total. The van der Waals surface area contributed by atoms with E-state index < -0.39 is 0 Å². The molecule has 27 heavy (non-hydrogen) atoms. The van der Waals surface area contributed by atoms with E-state index in [1.807, 2.05) is 42.5 Å². The Morgan fingerprint density at radius 1 is 1.19 bits per heavy atom. The van der Waals surface area contributed by atoms with Crippen LogP contribution in [-0.2, 0) is 11.2 Å².